The van der Waals surface area contributed by atoms with Crippen LogP contribution in [-0.2, 0) is 14.8 Å². The number of amides is 1. The minimum atomic E-state index is -3.63. The standard InChI is InChI=1S/C23H24N6O4S/c30-23(16-33-21-8-6-20(7-9-21)29-17-24-25-26-29)27-11-13-28(14-12-27)34(31,32)22-10-5-18-3-1-2-4-19(18)15-22/h1-10,15,17,25-26H,11-14,16H2. The number of carbonyl (C=O) groups is 1. The van der Waals surface area contributed by atoms with Crippen LogP contribution in [0.4, 0.5) is 5.69 Å². The Morgan fingerprint density at radius 1 is 0.941 bits per heavy atom. The molecule has 1 fully saturated rings. The summed E-state index contributed by atoms with van der Waals surface area (Å²) in [4.78, 5) is 14.5. The zero-order chi connectivity index (χ0) is 23.5. The second kappa shape index (κ2) is 9.29. The fourth-order valence-electron chi connectivity index (χ4n) is 3.92. The molecule has 0 unspecified atom stereocenters. The molecule has 0 spiro atoms. The number of carbonyl (C=O) groups excluding carboxylic acids is 1. The van der Waals surface area contributed by atoms with E-state index in [1.54, 1.807) is 40.5 Å². The van der Waals surface area contributed by atoms with Gasteiger partial charge in [-0.25, -0.2) is 19.0 Å². The van der Waals surface area contributed by atoms with Gasteiger partial charge in [-0.3, -0.25) is 4.79 Å². The zero-order valence-corrected chi connectivity index (χ0v) is 19.1. The van der Waals surface area contributed by atoms with Crippen LogP contribution in [0.3, 0.4) is 0 Å². The molecule has 5 rings (SSSR count). The van der Waals surface area contributed by atoms with Crippen molar-refractivity contribution in [3.05, 3.63) is 66.7 Å². The summed E-state index contributed by atoms with van der Waals surface area (Å²) < 4.78 is 33.3. The summed E-state index contributed by atoms with van der Waals surface area (Å²) in [6.45, 7) is 1.02. The van der Waals surface area contributed by atoms with Crippen molar-refractivity contribution in [2.24, 2.45) is 5.10 Å². The van der Waals surface area contributed by atoms with Gasteiger partial charge in [0.05, 0.1) is 10.6 Å². The number of nitrogens with zero attached hydrogens (tertiary/aromatic N) is 4. The molecule has 3 aromatic rings. The van der Waals surface area contributed by atoms with Gasteiger partial charge in [0.25, 0.3) is 5.91 Å². The summed E-state index contributed by atoms with van der Waals surface area (Å²) in [6.07, 6.45) is 1.60. The third-order valence-corrected chi connectivity index (χ3v) is 7.73. The van der Waals surface area contributed by atoms with Crippen LogP contribution in [0.5, 0.6) is 5.75 Å². The molecule has 34 heavy (non-hydrogen) atoms. The van der Waals surface area contributed by atoms with Crippen LogP contribution >= 0.6 is 0 Å². The van der Waals surface area contributed by atoms with Crippen molar-refractivity contribution in [1.82, 2.24) is 20.3 Å². The summed E-state index contributed by atoms with van der Waals surface area (Å²) >= 11 is 0. The van der Waals surface area contributed by atoms with E-state index in [2.05, 4.69) is 16.2 Å². The number of hydrogen-bond donors (Lipinski definition) is 2. The minimum Gasteiger partial charge on any atom is -0.484 e. The molecule has 11 heteroatoms. The molecule has 0 saturated carbocycles. The average molecular weight is 481 g/mol. The first-order valence-electron chi connectivity index (χ1n) is 10.8. The van der Waals surface area contributed by atoms with E-state index in [0.717, 1.165) is 16.5 Å². The Morgan fingerprint density at radius 2 is 1.68 bits per heavy atom. The summed E-state index contributed by atoms with van der Waals surface area (Å²) in [5.74, 6) is 0.392. The van der Waals surface area contributed by atoms with Gasteiger partial charge in [-0.15, -0.1) is 5.53 Å². The van der Waals surface area contributed by atoms with Crippen molar-refractivity contribution in [3.8, 4) is 5.75 Å². The van der Waals surface area contributed by atoms with Gasteiger partial charge in [0, 0.05) is 26.2 Å². The largest absolute Gasteiger partial charge is 0.484 e. The summed E-state index contributed by atoms with van der Waals surface area (Å²) in [6, 6.07) is 20.0. The van der Waals surface area contributed by atoms with Crippen molar-refractivity contribution >= 4 is 38.7 Å². The van der Waals surface area contributed by atoms with Crippen LogP contribution in [0, 0.1) is 0 Å². The van der Waals surface area contributed by atoms with E-state index in [-0.39, 0.29) is 30.5 Å². The Kier molecular flexibility index (Phi) is 6.05. The lowest BCUT2D eigenvalue weighted by Gasteiger charge is -2.34. The lowest BCUT2D eigenvalue weighted by molar-refractivity contribution is -0.134. The Labute approximate surface area is 197 Å². The Hall–Kier alpha value is -3.67. The summed E-state index contributed by atoms with van der Waals surface area (Å²) in [5, 5.41) is 7.41. The molecule has 2 N–H and O–H groups in total. The molecule has 0 radical (unpaired) electrons. The number of ether oxygens (including phenoxy) is 1. The van der Waals surface area contributed by atoms with E-state index >= 15 is 0 Å². The number of anilines is 1. The smallest absolute Gasteiger partial charge is 0.260 e. The minimum absolute atomic E-state index is 0.109. The van der Waals surface area contributed by atoms with Crippen LogP contribution in [0.1, 0.15) is 0 Å². The summed E-state index contributed by atoms with van der Waals surface area (Å²) in [5.41, 5.74) is 6.30. The quantitative estimate of drug-likeness (QED) is 0.551. The van der Waals surface area contributed by atoms with Gasteiger partial charge in [0.2, 0.25) is 10.0 Å². The average Bonchev–Trinajstić information content (AvgIpc) is 3.42. The van der Waals surface area contributed by atoms with Crippen molar-refractivity contribution in [1.29, 1.82) is 0 Å². The number of sulfonamides is 1. The van der Waals surface area contributed by atoms with E-state index in [1.807, 2.05) is 42.5 Å². The lowest BCUT2D eigenvalue weighted by Crippen LogP contribution is -2.51. The molecule has 0 aliphatic carbocycles. The zero-order valence-electron chi connectivity index (χ0n) is 18.3. The van der Waals surface area contributed by atoms with E-state index in [0.29, 0.717) is 18.8 Å². The van der Waals surface area contributed by atoms with Gasteiger partial charge in [0.15, 0.2) is 6.61 Å². The normalized spacial score (nSPS) is 16.6. The van der Waals surface area contributed by atoms with Crippen LogP contribution in [0.25, 0.3) is 10.8 Å². The lowest BCUT2D eigenvalue weighted by atomic mass is 10.1. The van der Waals surface area contributed by atoms with E-state index < -0.39 is 10.0 Å². The van der Waals surface area contributed by atoms with Crippen molar-refractivity contribution in [3.63, 3.8) is 0 Å². The third kappa shape index (κ3) is 4.53. The van der Waals surface area contributed by atoms with Crippen LogP contribution in [0.2, 0.25) is 0 Å². The maximum Gasteiger partial charge on any atom is 0.260 e. The van der Waals surface area contributed by atoms with Gasteiger partial charge in [0.1, 0.15) is 12.1 Å². The second-order valence-electron chi connectivity index (χ2n) is 7.91. The number of nitrogens with one attached hydrogen (secondary N) is 2. The third-order valence-electron chi connectivity index (χ3n) is 5.84. The predicted octanol–water partition coefficient (Wildman–Crippen LogP) is 1.52. The first-order chi connectivity index (χ1) is 16.5. The van der Waals surface area contributed by atoms with Gasteiger partial charge in [-0.05, 0) is 47.2 Å². The SMILES string of the molecule is O=C(COc1ccc(N2C=NNN2)cc1)N1CCN(S(=O)(=O)c2ccc3ccccc3c2)CC1. The van der Waals surface area contributed by atoms with Gasteiger partial charge >= 0.3 is 0 Å². The molecule has 1 amide bonds. The molecule has 0 atom stereocenters. The molecule has 3 aromatic carbocycles. The number of hydrazone groups is 1. The molecule has 2 aliphatic heterocycles. The van der Waals surface area contributed by atoms with Crippen LogP contribution in [0.15, 0.2) is 76.7 Å². The molecular weight excluding hydrogens is 456 g/mol. The van der Waals surface area contributed by atoms with Crippen molar-refractivity contribution < 1.29 is 17.9 Å². The summed E-state index contributed by atoms with van der Waals surface area (Å²) in [7, 11) is -3.63. The number of hydrazine groups is 2. The second-order valence-corrected chi connectivity index (χ2v) is 9.85. The fraction of sp³-hybridized carbons (Fsp3) is 0.217. The monoisotopic (exact) mass is 480 g/mol. The van der Waals surface area contributed by atoms with Gasteiger partial charge < -0.3 is 9.64 Å². The van der Waals surface area contributed by atoms with Gasteiger partial charge in [-0.2, -0.15) is 9.41 Å². The van der Waals surface area contributed by atoms with Crippen molar-refractivity contribution in [2.45, 2.75) is 4.90 Å². The number of fused-ring (bicyclic) bond motifs is 1. The number of rotatable bonds is 6. The number of benzene rings is 3. The first-order valence-corrected chi connectivity index (χ1v) is 12.3. The fourth-order valence-corrected chi connectivity index (χ4v) is 5.38. The molecule has 2 aliphatic rings. The Bertz CT molecular complexity index is 1320. The molecule has 0 bridgehead atoms. The number of hydrogen-bond acceptors (Lipinski definition) is 8. The first kappa shape index (κ1) is 22.1. The molecular formula is C23H24N6O4S. The molecule has 2 heterocycles. The predicted molar refractivity (Wildman–Crippen MR) is 128 cm³/mol. The Morgan fingerprint density at radius 3 is 2.38 bits per heavy atom. The molecule has 176 valence electrons. The maximum atomic E-state index is 13.1. The van der Waals surface area contributed by atoms with Crippen molar-refractivity contribution in [2.75, 3.05) is 37.8 Å². The van der Waals surface area contributed by atoms with Crippen LogP contribution in [-0.4, -0.2) is 62.7 Å². The highest BCUT2D eigenvalue weighted by Gasteiger charge is 2.30. The molecule has 10 nitrogen and oxygen atoms in total. The van der Waals surface area contributed by atoms with Gasteiger partial charge in [-0.1, -0.05) is 30.3 Å². The Balaban J connectivity index is 1.15. The van der Waals surface area contributed by atoms with E-state index in [1.165, 1.54) is 4.31 Å². The van der Waals surface area contributed by atoms with E-state index in [4.69, 9.17) is 4.74 Å². The highest BCUT2D eigenvalue weighted by atomic mass is 32.2. The highest BCUT2D eigenvalue weighted by molar-refractivity contribution is 7.89. The number of piperazine rings is 1. The molecule has 1 saturated heterocycles. The van der Waals surface area contributed by atoms with E-state index in [9.17, 15) is 13.2 Å². The molecule has 0 aromatic heterocycles. The maximum absolute atomic E-state index is 13.1. The van der Waals surface area contributed by atoms with Crippen LogP contribution < -0.4 is 20.8 Å². The topological polar surface area (TPSA) is 107 Å². The highest BCUT2D eigenvalue weighted by Crippen LogP contribution is 2.23.